The van der Waals surface area contributed by atoms with E-state index in [4.69, 9.17) is 14.6 Å². The molecule has 6 nitrogen and oxygen atoms in total. The number of carboxylic acids is 1. The molecule has 0 saturated heterocycles. The van der Waals surface area contributed by atoms with E-state index in [9.17, 15) is 19.1 Å². The molecule has 30 heavy (non-hydrogen) atoms. The van der Waals surface area contributed by atoms with Crippen LogP contribution in [0.3, 0.4) is 0 Å². The smallest absolute Gasteiger partial charge is 0.338 e. The first-order chi connectivity index (χ1) is 14.3. The minimum atomic E-state index is -1.33. The van der Waals surface area contributed by atoms with Gasteiger partial charge in [-0.25, -0.2) is 9.18 Å². The molecule has 0 bridgehead atoms. The van der Waals surface area contributed by atoms with Crippen LogP contribution in [0, 0.1) is 12.7 Å². The molecule has 0 fully saturated rings. The summed E-state index contributed by atoms with van der Waals surface area (Å²) in [7, 11) is 0. The fraction of sp³-hybridized carbons (Fsp3) is 0.391. The van der Waals surface area contributed by atoms with Crippen LogP contribution in [0.2, 0.25) is 0 Å². The molecule has 2 aromatic carbocycles. The number of phenolic OH excluding ortho intramolecular Hbond substituents is 1. The van der Waals surface area contributed by atoms with Gasteiger partial charge in [0.25, 0.3) is 0 Å². The third kappa shape index (κ3) is 6.20. The monoisotopic (exact) mass is 418 g/mol. The van der Waals surface area contributed by atoms with E-state index in [1.807, 2.05) is 6.92 Å². The van der Waals surface area contributed by atoms with Crippen LogP contribution in [0.1, 0.15) is 65.3 Å². The van der Waals surface area contributed by atoms with Crippen LogP contribution < -0.4 is 9.47 Å². The first kappa shape index (κ1) is 23.2. The molecule has 0 unspecified atom stereocenters. The van der Waals surface area contributed by atoms with Gasteiger partial charge < -0.3 is 19.7 Å². The van der Waals surface area contributed by atoms with Crippen molar-refractivity contribution in [3.8, 4) is 17.2 Å². The fourth-order valence-electron chi connectivity index (χ4n) is 2.94. The molecular formula is C23H27FO6. The average Bonchev–Trinajstić information content (AvgIpc) is 2.71. The Hall–Kier alpha value is -3.09. The molecule has 0 atom stereocenters. The normalized spacial score (nSPS) is 10.6. The molecule has 0 aliphatic heterocycles. The summed E-state index contributed by atoms with van der Waals surface area (Å²) in [4.78, 5) is 22.9. The van der Waals surface area contributed by atoms with Crippen LogP contribution in [0.4, 0.5) is 4.39 Å². The van der Waals surface area contributed by atoms with E-state index >= 15 is 0 Å². The summed E-state index contributed by atoms with van der Waals surface area (Å²) in [5.74, 6) is -1.38. The standard InChI is InChI=1S/C23H27FO6/c1-3-7-20(25)17-9-11-21(15(2)22(17)26)30-13-6-4-5-12-29-16-8-10-19(24)18(14-16)23(27)28/h8-11,14,26H,3-7,12-13H2,1-2H3,(H,27,28). The number of hydrogen-bond acceptors (Lipinski definition) is 5. The number of carboxylic acid groups (broad SMARTS) is 1. The molecule has 2 rings (SSSR count). The molecule has 0 aliphatic carbocycles. The van der Waals surface area contributed by atoms with E-state index in [0.717, 1.165) is 31.7 Å². The number of unbranched alkanes of at least 4 members (excludes halogenated alkanes) is 2. The third-order valence-electron chi connectivity index (χ3n) is 4.64. The van der Waals surface area contributed by atoms with E-state index in [-0.39, 0.29) is 11.5 Å². The van der Waals surface area contributed by atoms with Crippen molar-refractivity contribution in [2.45, 2.75) is 46.0 Å². The summed E-state index contributed by atoms with van der Waals surface area (Å²) in [6.07, 6.45) is 3.40. The highest BCUT2D eigenvalue weighted by molar-refractivity contribution is 5.99. The highest BCUT2D eigenvalue weighted by Gasteiger charge is 2.15. The second-order valence-corrected chi connectivity index (χ2v) is 6.96. The Morgan fingerprint density at radius 1 is 1.00 bits per heavy atom. The Morgan fingerprint density at radius 2 is 1.70 bits per heavy atom. The van der Waals surface area contributed by atoms with Gasteiger partial charge in [0.15, 0.2) is 5.78 Å². The average molecular weight is 418 g/mol. The summed E-state index contributed by atoms with van der Waals surface area (Å²) < 4.78 is 24.5. The minimum absolute atomic E-state index is 0.0284. The maximum Gasteiger partial charge on any atom is 0.338 e. The Bertz CT molecular complexity index is 894. The second-order valence-electron chi connectivity index (χ2n) is 6.96. The molecule has 0 amide bonds. The van der Waals surface area contributed by atoms with Gasteiger partial charge in [0, 0.05) is 12.0 Å². The van der Waals surface area contributed by atoms with Crippen molar-refractivity contribution in [2.24, 2.45) is 0 Å². The number of halogens is 1. The number of benzene rings is 2. The molecule has 0 spiro atoms. The van der Waals surface area contributed by atoms with Crippen molar-refractivity contribution in [1.82, 2.24) is 0 Å². The lowest BCUT2D eigenvalue weighted by atomic mass is 10.0. The largest absolute Gasteiger partial charge is 0.507 e. The molecule has 2 aromatic rings. The number of Topliss-reactive ketones (excluding diaryl/α,β-unsaturated/α-hetero) is 1. The van der Waals surface area contributed by atoms with Crippen LogP contribution in [0.5, 0.6) is 17.2 Å². The quantitative estimate of drug-likeness (QED) is 0.366. The number of carbonyl (C=O) groups excluding carboxylic acids is 1. The number of aromatic carboxylic acids is 1. The molecule has 0 saturated carbocycles. The predicted octanol–water partition coefficient (Wildman–Crippen LogP) is 5.15. The van der Waals surface area contributed by atoms with Crippen LogP contribution in [0.15, 0.2) is 30.3 Å². The van der Waals surface area contributed by atoms with Crippen molar-refractivity contribution >= 4 is 11.8 Å². The van der Waals surface area contributed by atoms with E-state index in [0.29, 0.717) is 42.3 Å². The fourth-order valence-corrected chi connectivity index (χ4v) is 2.94. The van der Waals surface area contributed by atoms with Crippen molar-refractivity contribution in [1.29, 1.82) is 0 Å². The lowest BCUT2D eigenvalue weighted by molar-refractivity contribution is 0.0691. The zero-order valence-corrected chi connectivity index (χ0v) is 17.2. The zero-order valence-electron chi connectivity index (χ0n) is 17.2. The lowest BCUT2D eigenvalue weighted by Gasteiger charge is -2.13. The molecule has 162 valence electrons. The predicted molar refractivity (Wildman–Crippen MR) is 110 cm³/mol. The van der Waals surface area contributed by atoms with Crippen molar-refractivity contribution in [3.63, 3.8) is 0 Å². The zero-order chi connectivity index (χ0) is 22.1. The molecule has 0 radical (unpaired) electrons. The summed E-state index contributed by atoms with van der Waals surface area (Å²) in [6, 6.07) is 6.94. The van der Waals surface area contributed by atoms with E-state index in [2.05, 4.69) is 0 Å². The SMILES string of the molecule is CCCC(=O)c1ccc(OCCCCCOc2ccc(F)c(C(=O)O)c2)c(C)c1O. The second kappa shape index (κ2) is 11.2. The maximum atomic E-state index is 13.4. The third-order valence-corrected chi connectivity index (χ3v) is 4.64. The van der Waals surface area contributed by atoms with E-state index in [1.165, 1.54) is 12.1 Å². The number of aromatic hydroxyl groups is 1. The Balaban J connectivity index is 1.73. The molecule has 7 heteroatoms. The van der Waals surface area contributed by atoms with Gasteiger partial charge in [0.2, 0.25) is 0 Å². The van der Waals surface area contributed by atoms with Gasteiger partial charge in [0.05, 0.1) is 24.3 Å². The number of carbonyl (C=O) groups is 2. The van der Waals surface area contributed by atoms with Crippen molar-refractivity contribution < 1.29 is 33.7 Å². The Labute approximate surface area is 175 Å². The van der Waals surface area contributed by atoms with Gasteiger partial charge in [-0.3, -0.25) is 4.79 Å². The number of ether oxygens (including phenoxy) is 2. The molecule has 0 aromatic heterocycles. The highest BCUT2D eigenvalue weighted by atomic mass is 19.1. The highest BCUT2D eigenvalue weighted by Crippen LogP contribution is 2.31. The van der Waals surface area contributed by atoms with Crippen LogP contribution in [-0.2, 0) is 0 Å². The number of hydrogen-bond donors (Lipinski definition) is 2. The van der Waals surface area contributed by atoms with Gasteiger partial charge in [-0.2, -0.15) is 0 Å². The van der Waals surface area contributed by atoms with Gasteiger partial charge in [-0.15, -0.1) is 0 Å². The summed E-state index contributed by atoms with van der Waals surface area (Å²) in [5.41, 5.74) is 0.457. The maximum absolute atomic E-state index is 13.4. The molecule has 0 aliphatic rings. The number of rotatable bonds is 12. The lowest BCUT2D eigenvalue weighted by Crippen LogP contribution is -2.05. The topological polar surface area (TPSA) is 93.1 Å². The van der Waals surface area contributed by atoms with Crippen molar-refractivity contribution in [3.05, 3.63) is 52.8 Å². The van der Waals surface area contributed by atoms with Gasteiger partial charge >= 0.3 is 5.97 Å². The first-order valence-corrected chi connectivity index (χ1v) is 9.99. The molecule has 0 heterocycles. The van der Waals surface area contributed by atoms with Gasteiger partial charge in [-0.1, -0.05) is 6.92 Å². The van der Waals surface area contributed by atoms with Crippen LogP contribution >= 0.6 is 0 Å². The van der Waals surface area contributed by atoms with E-state index < -0.39 is 17.3 Å². The molecular weight excluding hydrogens is 391 g/mol. The number of ketones is 1. The summed E-state index contributed by atoms with van der Waals surface area (Å²) in [5, 5.41) is 19.2. The van der Waals surface area contributed by atoms with E-state index in [1.54, 1.807) is 19.1 Å². The van der Waals surface area contributed by atoms with Crippen LogP contribution in [-0.4, -0.2) is 35.2 Å². The summed E-state index contributed by atoms with van der Waals surface area (Å²) in [6.45, 7) is 4.45. The number of phenols is 1. The Kier molecular flexibility index (Phi) is 8.65. The summed E-state index contributed by atoms with van der Waals surface area (Å²) >= 11 is 0. The first-order valence-electron chi connectivity index (χ1n) is 9.99. The van der Waals surface area contributed by atoms with Crippen LogP contribution in [0.25, 0.3) is 0 Å². The van der Waals surface area contributed by atoms with Crippen molar-refractivity contribution in [2.75, 3.05) is 13.2 Å². The molecule has 2 N–H and O–H groups in total. The van der Waals surface area contributed by atoms with Gasteiger partial charge in [0.1, 0.15) is 23.1 Å². The minimum Gasteiger partial charge on any atom is -0.507 e. The van der Waals surface area contributed by atoms with Gasteiger partial charge in [-0.05, 0) is 62.9 Å². The Morgan fingerprint density at radius 3 is 2.37 bits per heavy atom.